The van der Waals surface area contributed by atoms with E-state index in [4.69, 9.17) is 9.40 Å². The number of likely N-dealkylation sites (N-methyl/N-ethyl adjacent to an activating group) is 1. The molecule has 1 atom stereocenters. The van der Waals surface area contributed by atoms with Crippen LogP contribution in [-0.2, 0) is 11.3 Å². The molecular weight excluding hydrogens is 428 g/mol. The van der Waals surface area contributed by atoms with Gasteiger partial charge in [-0.3, -0.25) is 4.79 Å². The monoisotopic (exact) mass is 456 g/mol. The molecule has 0 saturated carbocycles. The lowest BCUT2D eigenvalue weighted by Gasteiger charge is -2.36. The van der Waals surface area contributed by atoms with Gasteiger partial charge in [-0.2, -0.15) is 4.98 Å². The van der Waals surface area contributed by atoms with Crippen LogP contribution in [0.25, 0.3) is 22.6 Å². The summed E-state index contributed by atoms with van der Waals surface area (Å²) in [6.45, 7) is 8.55. The molecule has 3 heterocycles. The highest BCUT2D eigenvalue weighted by atomic mass is 16.3. The molecule has 0 aliphatic carbocycles. The van der Waals surface area contributed by atoms with Gasteiger partial charge in [-0.05, 0) is 55.2 Å². The molecule has 34 heavy (non-hydrogen) atoms. The molecular formula is C26H28N6O2. The van der Waals surface area contributed by atoms with Crippen LogP contribution < -0.4 is 15.5 Å². The number of oxazole rings is 1. The highest BCUT2D eigenvalue weighted by molar-refractivity contribution is 6.03. The number of carbonyl (C=O) groups excluding carboxylic acids is 1. The summed E-state index contributed by atoms with van der Waals surface area (Å²) in [4.78, 5) is 28.3. The van der Waals surface area contributed by atoms with Gasteiger partial charge in [0.25, 0.3) is 0 Å². The van der Waals surface area contributed by atoms with Crippen LogP contribution >= 0.6 is 0 Å². The molecule has 0 fully saturated rings. The summed E-state index contributed by atoms with van der Waals surface area (Å²) in [5, 5.41) is 6.29. The third-order valence-electron chi connectivity index (χ3n) is 6.17. The Bertz CT molecular complexity index is 1380. The number of hydrogen-bond acceptors (Lipinski definition) is 7. The maximum absolute atomic E-state index is 12.5. The fourth-order valence-corrected chi connectivity index (χ4v) is 4.40. The maximum atomic E-state index is 12.5. The Hall–Kier alpha value is -3.94. The zero-order valence-corrected chi connectivity index (χ0v) is 20.0. The van der Waals surface area contributed by atoms with Crippen LogP contribution in [-0.4, -0.2) is 33.9 Å². The SMILES string of the molecule is Cc1ccc2oc(-c3ccc(CNc4nc(C)c5c(n4)N(C)[C@@H](C(C)C)C(=O)N5)cc3)nc2c1. The van der Waals surface area contributed by atoms with Crippen molar-refractivity contribution in [1.82, 2.24) is 15.0 Å². The van der Waals surface area contributed by atoms with Crippen LogP contribution in [0, 0.1) is 19.8 Å². The molecule has 2 aromatic carbocycles. The molecule has 0 radical (unpaired) electrons. The van der Waals surface area contributed by atoms with Crippen LogP contribution in [0.3, 0.4) is 0 Å². The van der Waals surface area contributed by atoms with Crippen molar-refractivity contribution in [3.8, 4) is 11.5 Å². The molecule has 0 saturated heterocycles. The molecule has 8 nitrogen and oxygen atoms in total. The number of aromatic nitrogens is 3. The Morgan fingerprint density at radius 2 is 1.85 bits per heavy atom. The highest BCUT2D eigenvalue weighted by Crippen LogP contribution is 2.34. The molecule has 1 aliphatic heterocycles. The smallest absolute Gasteiger partial charge is 0.247 e. The van der Waals surface area contributed by atoms with Crippen molar-refractivity contribution in [1.29, 1.82) is 0 Å². The molecule has 2 aromatic heterocycles. The number of carbonyl (C=O) groups is 1. The zero-order chi connectivity index (χ0) is 24.0. The standard InChI is InChI=1S/C26H28N6O2/c1-14(2)22-24(33)30-21-16(4)28-26(31-23(21)32(22)5)27-13-17-7-9-18(10-8-17)25-29-19-12-15(3)6-11-20(19)34-25/h6-12,14,22H,13H2,1-5H3,(H,30,33)(H,27,28,31)/t22-/m0/s1. The van der Waals surface area contributed by atoms with E-state index in [-0.39, 0.29) is 17.9 Å². The predicted molar refractivity (Wildman–Crippen MR) is 134 cm³/mol. The Morgan fingerprint density at radius 1 is 1.09 bits per heavy atom. The number of nitrogens with one attached hydrogen (secondary N) is 2. The predicted octanol–water partition coefficient (Wildman–Crippen LogP) is 4.93. The van der Waals surface area contributed by atoms with E-state index in [0.717, 1.165) is 39.3 Å². The van der Waals surface area contributed by atoms with Crippen LogP contribution in [0.4, 0.5) is 17.5 Å². The van der Waals surface area contributed by atoms with Crippen LogP contribution in [0.1, 0.15) is 30.7 Å². The van der Waals surface area contributed by atoms with Crippen LogP contribution in [0.2, 0.25) is 0 Å². The maximum Gasteiger partial charge on any atom is 0.247 e. The van der Waals surface area contributed by atoms with Gasteiger partial charge >= 0.3 is 0 Å². The van der Waals surface area contributed by atoms with Crippen molar-refractivity contribution in [2.45, 2.75) is 40.3 Å². The molecule has 174 valence electrons. The number of hydrogen-bond donors (Lipinski definition) is 2. The first kappa shape index (κ1) is 21.9. The lowest BCUT2D eigenvalue weighted by atomic mass is 9.99. The van der Waals surface area contributed by atoms with Gasteiger partial charge in [0.1, 0.15) is 17.2 Å². The molecule has 1 aliphatic rings. The summed E-state index contributed by atoms with van der Waals surface area (Å²) in [5.41, 5.74) is 6.21. The van der Waals surface area contributed by atoms with Crippen molar-refractivity contribution in [3.63, 3.8) is 0 Å². The van der Waals surface area contributed by atoms with E-state index in [0.29, 0.717) is 24.1 Å². The molecule has 5 rings (SSSR count). The number of rotatable bonds is 5. The summed E-state index contributed by atoms with van der Waals surface area (Å²) in [6, 6.07) is 13.8. The minimum atomic E-state index is -0.266. The second-order valence-electron chi connectivity index (χ2n) is 9.16. The number of aryl methyl sites for hydroxylation is 2. The van der Waals surface area contributed by atoms with Gasteiger partial charge in [0.2, 0.25) is 17.7 Å². The van der Waals surface area contributed by atoms with E-state index in [1.165, 1.54) is 0 Å². The second kappa shape index (κ2) is 8.44. The van der Waals surface area contributed by atoms with Crippen molar-refractivity contribution >= 4 is 34.5 Å². The number of anilines is 3. The Kier molecular flexibility index (Phi) is 5.43. The van der Waals surface area contributed by atoms with Crippen molar-refractivity contribution in [2.24, 2.45) is 5.92 Å². The number of nitrogens with zero attached hydrogens (tertiary/aromatic N) is 4. The lowest BCUT2D eigenvalue weighted by Crippen LogP contribution is -2.49. The summed E-state index contributed by atoms with van der Waals surface area (Å²) < 4.78 is 5.91. The number of amides is 1. The fourth-order valence-electron chi connectivity index (χ4n) is 4.40. The second-order valence-corrected chi connectivity index (χ2v) is 9.16. The molecule has 0 bridgehead atoms. The largest absolute Gasteiger partial charge is 0.436 e. The highest BCUT2D eigenvalue weighted by Gasteiger charge is 2.35. The van der Waals surface area contributed by atoms with Gasteiger partial charge in [0.05, 0.1) is 5.69 Å². The first-order valence-corrected chi connectivity index (χ1v) is 11.4. The van der Waals surface area contributed by atoms with Crippen molar-refractivity contribution in [3.05, 3.63) is 59.3 Å². The average Bonchev–Trinajstić information content (AvgIpc) is 3.22. The normalized spacial score (nSPS) is 15.5. The third kappa shape index (κ3) is 3.96. The summed E-state index contributed by atoms with van der Waals surface area (Å²) >= 11 is 0. The molecule has 8 heteroatoms. The Balaban J connectivity index is 1.32. The number of benzene rings is 2. The molecule has 0 unspecified atom stereocenters. The van der Waals surface area contributed by atoms with Gasteiger partial charge < -0.3 is 20.0 Å². The quantitative estimate of drug-likeness (QED) is 0.440. The summed E-state index contributed by atoms with van der Waals surface area (Å²) in [6.07, 6.45) is 0. The van der Waals surface area contributed by atoms with E-state index < -0.39 is 0 Å². The van der Waals surface area contributed by atoms with Crippen molar-refractivity contribution in [2.75, 3.05) is 22.6 Å². The van der Waals surface area contributed by atoms with Crippen LogP contribution in [0.5, 0.6) is 0 Å². The van der Waals surface area contributed by atoms with E-state index in [2.05, 4.69) is 20.6 Å². The zero-order valence-electron chi connectivity index (χ0n) is 20.0. The van der Waals surface area contributed by atoms with E-state index in [1.807, 2.05) is 82.1 Å². The number of fused-ring (bicyclic) bond motifs is 2. The van der Waals surface area contributed by atoms with Crippen molar-refractivity contribution < 1.29 is 9.21 Å². The van der Waals surface area contributed by atoms with E-state index in [9.17, 15) is 4.79 Å². The first-order chi connectivity index (χ1) is 16.3. The summed E-state index contributed by atoms with van der Waals surface area (Å²) in [5.74, 6) is 2.01. The minimum absolute atomic E-state index is 0.0217. The van der Waals surface area contributed by atoms with Gasteiger partial charge in [-0.25, -0.2) is 9.97 Å². The van der Waals surface area contributed by atoms with Crippen LogP contribution in [0.15, 0.2) is 46.9 Å². The van der Waals surface area contributed by atoms with E-state index >= 15 is 0 Å². The molecule has 2 N–H and O–H groups in total. The molecule has 1 amide bonds. The first-order valence-electron chi connectivity index (χ1n) is 11.4. The topological polar surface area (TPSA) is 96.2 Å². The molecule has 4 aromatic rings. The van der Waals surface area contributed by atoms with Gasteiger partial charge in [0.15, 0.2) is 11.4 Å². The minimum Gasteiger partial charge on any atom is -0.436 e. The summed E-state index contributed by atoms with van der Waals surface area (Å²) in [7, 11) is 1.91. The Morgan fingerprint density at radius 3 is 2.59 bits per heavy atom. The van der Waals surface area contributed by atoms with Gasteiger partial charge in [0, 0.05) is 19.2 Å². The van der Waals surface area contributed by atoms with Gasteiger partial charge in [-0.1, -0.05) is 32.0 Å². The van der Waals surface area contributed by atoms with Gasteiger partial charge in [-0.15, -0.1) is 0 Å². The lowest BCUT2D eigenvalue weighted by molar-refractivity contribution is -0.118. The fraction of sp³-hybridized carbons (Fsp3) is 0.308. The molecule has 0 spiro atoms. The van der Waals surface area contributed by atoms with E-state index in [1.54, 1.807) is 0 Å². The Labute approximate surface area is 198 Å². The average molecular weight is 457 g/mol. The third-order valence-corrected chi connectivity index (χ3v) is 6.17.